The van der Waals surface area contributed by atoms with Crippen molar-refractivity contribution in [1.82, 2.24) is 14.5 Å². The second-order valence-electron chi connectivity index (χ2n) is 11.0. The topological polar surface area (TPSA) is 132 Å². The summed E-state index contributed by atoms with van der Waals surface area (Å²) in [5.74, 6) is -0.701. The van der Waals surface area contributed by atoms with Crippen LogP contribution < -0.4 is 5.32 Å². The number of hydrogen-bond acceptors (Lipinski definition) is 8. The van der Waals surface area contributed by atoms with Gasteiger partial charge in [0.1, 0.15) is 0 Å². The Kier molecular flexibility index (Phi) is 10.3. The van der Waals surface area contributed by atoms with Crippen molar-refractivity contribution in [3.63, 3.8) is 0 Å². The van der Waals surface area contributed by atoms with E-state index in [0.29, 0.717) is 26.2 Å². The van der Waals surface area contributed by atoms with E-state index >= 15 is 0 Å². The van der Waals surface area contributed by atoms with Gasteiger partial charge >= 0.3 is 0 Å². The van der Waals surface area contributed by atoms with Gasteiger partial charge in [0.25, 0.3) is 0 Å². The van der Waals surface area contributed by atoms with Crippen molar-refractivity contribution in [3.05, 3.63) is 12.0 Å². The molecule has 11 heteroatoms. The van der Waals surface area contributed by atoms with Gasteiger partial charge in [0.2, 0.25) is 15.9 Å². The molecule has 0 aromatic carbocycles. The van der Waals surface area contributed by atoms with Gasteiger partial charge in [-0.3, -0.25) is 15.0 Å². The van der Waals surface area contributed by atoms with Gasteiger partial charge in [-0.1, -0.05) is 13.8 Å². The van der Waals surface area contributed by atoms with Crippen LogP contribution in [0.25, 0.3) is 0 Å². The summed E-state index contributed by atoms with van der Waals surface area (Å²) < 4.78 is 36.7. The van der Waals surface area contributed by atoms with Crippen molar-refractivity contribution in [2.45, 2.75) is 71.6 Å². The summed E-state index contributed by atoms with van der Waals surface area (Å²) in [5, 5.41) is 21.3. The van der Waals surface area contributed by atoms with Crippen molar-refractivity contribution in [1.29, 1.82) is 5.41 Å². The van der Waals surface area contributed by atoms with Gasteiger partial charge in [-0.05, 0) is 58.9 Å². The maximum absolute atomic E-state index is 13.0. The molecule has 2 aliphatic rings. The van der Waals surface area contributed by atoms with Crippen LogP contribution in [0.1, 0.15) is 59.8 Å². The molecule has 0 aliphatic carbocycles. The highest BCUT2D eigenvalue weighted by atomic mass is 32.2. The highest BCUT2D eigenvalue weighted by Gasteiger charge is 2.36. The van der Waals surface area contributed by atoms with E-state index in [1.54, 1.807) is 13.8 Å². The first kappa shape index (κ1) is 29.7. The molecule has 0 aromatic rings. The molecule has 1 unspecified atom stereocenters. The van der Waals surface area contributed by atoms with E-state index in [4.69, 9.17) is 14.9 Å². The molecular formula is C24H44N4O6S. The normalized spacial score (nSPS) is 23.3. The fourth-order valence-electron chi connectivity index (χ4n) is 4.13. The summed E-state index contributed by atoms with van der Waals surface area (Å²) >= 11 is 0. The maximum Gasteiger partial charge on any atom is 0.246 e. The van der Waals surface area contributed by atoms with Crippen LogP contribution in [0.15, 0.2) is 12.0 Å². The van der Waals surface area contributed by atoms with Gasteiger partial charge in [0.05, 0.1) is 18.4 Å². The van der Waals surface area contributed by atoms with Gasteiger partial charge < -0.3 is 20.0 Å². The minimum atomic E-state index is -3.24. The molecule has 202 valence electrons. The van der Waals surface area contributed by atoms with Crippen molar-refractivity contribution in [3.8, 4) is 0 Å². The van der Waals surface area contributed by atoms with E-state index in [1.807, 2.05) is 25.8 Å². The number of carbonyl (C=O) groups is 1. The molecule has 35 heavy (non-hydrogen) atoms. The average molecular weight is 517 g/mol. The van der Waals surface area contributed by atoms with Crippen LogP contribution in [0.4, 0.5) is 0 Å². The molecule has 2 aliphatic heterocycles. The van der Waals surface area contributed by atoms with Crippen LogP contribution in [0.2, 0.25) is 0 Å². The molecule has 2 heterocycles. The Morgan fingerprint density at radius 2 is 1.94 bits per heavy atom. The number of sulfonamides is 1. The number of likely N-dealkylation sites (N-methyl/N-ethyl adjacent to an activating group) is 1. The Balaban J connectivity index is 1.91. The molecule has 0 spiro atoms. The van der Waals surface area contributed by atoms with E-state index in [-0.39, 0.29) is 24.5 Å². The Hall–Kier alpha value is -1.53. The van der Waals surface area contributed by atoms with Crippen LogP contribution >= 0.6 is 0 Å². The summed E-state index contributed by atoms with van der Waals surface area (Å²) in [4.78, 5) is 14.8. The molecule has 2 atom stereocenters. The molecule has 2 saturated heterocycles. The molecule has 1 amide bonds. The number of aliphatic hydroxyl groups excluding tert-OH is 1. The summed E-state index contributed by atoms with van der Waals surface area (Å²) in [6, 6.07) is 0. The van der Waals surface area contributed by atoms with Gasteiger partial charge in [-0.15, -0.1) is 0 Å². The SMILES string of the molecule is CN(C[C@@H]1CCCN(S(C)(=O)=O)C1)C(C)(C)C(=O)N/C(O)=C/C(=N)C(C)(C)COC1CCCCO1. The van der Waals surface area contributed by atoms with E-state index in [1.165, 1.54) is 16.6 Å². The zero-order valence-corrected chi connectivity index (χ0v) is 22.9. The molecule has 0 bridgehead atoms. The van der Waals surface area contributed by atoms with Crippen molar-refractivity contribution >= 4 is 21.6 Å². The van der Waals surface area contributed by atoms with Gasteiger partial charge in [-0.2, -0.15) is 0 Å². The third-order valence-corrected chi connectivity index (χ3v) is 8.28. The van der Waals surface area contributed by atoms with Gasteiger partial charge in [0.15, 0.2) is 12.2 Å². The van der Waals surface area contributed by atoms with Crippen LogP contribution in [0.5, 0.6) is 0 Å². The van der Waals surface area contributed by atoms with Crippen LogP contribution in [0.3, 0.4) is 0 Å². The Bertz CT molecular complexity index is 880. The smallest absolute Gasteiger partial charge is 0.246 e. The van der Waals surface area contributed by atoms with Crippen LogP contribution in [-0.4, -0.2) is 92.3 Å². The lowest BCUT2D eigenvalue weighted by molar-refractivity contribution is -0.171. The minimum Gasteiger partial charge on any atom is -0.494 e. The Morgan fingerprint density at radius 3 is 2.54 bits per heavy atom. The lowest BCUT2D eigenvalue weighted by atomic mass is 9.88. The number of aliphatic hydroxyl groups is 1. The third kappa shape index (κ3) is 8.82. The number of rotatable bonds is 11. The number of ether oxygens (including phenoxy) is 2. The molecule has 0 radical (unpaired) electrons. The minimum absolute atomic E-state index is 0.113. The number of nitrogens with zero attached hydrogens (tertiary/aromatic N) is 2. The monoisotopic (exact) mass is 516 g/mol. The van der Waals surface area contributed by atoms with E-state index < -0.39 is 32.8 Å². The number of hydrogen-bond donors (Lipinski definition) is 3. The highest BCUT2D eigenvalue weighted by molar-refractivity contribution is 7.88. The van der Waals surface area contributed by atoms with Crippen molar-refractivity contribution in [2.75, 3.05) is 46.2 Å². The maximum atomic E-state index is 13.0. The molecule has 2 rings (SSSR count). The molecule has 3 N–H and O–H groups in total. The summed E-state index contributed by atoms with van der Waals surface area (Å²) in [7, 11) is -1.42. The fourth-order valence-corrected chi connectivity index (χ4v) is 5.07. The lowest BCUT2D eigenvalue weighted by Gasteiger charge is -2.39. The number of piperidine rings is 1. The highest BCUT2D eigenvalue weighted by Crippen LogP contribution is 2.24. The largest absolute Gasteiger partial charge is 0.494 e. The molecule has 0 aromatic heterocycles. The van der Waals surface area contributed by atoms with E-state index in [9.17, 15) is 18.3 Å². The first-order valence-electron chi connectivity index (χ1n) is 12.3. The zero-order chi connectivity index (χ0) is 26.4. The predicted octanol–water partition coefficient (Wildman–Crippen LogP) is 2.47. The lowest BCUT2D eigenvalue weighted by Crippen LogP contribution is -2.55. The quantitative estimate of drug-likeness (QED) is 0.284. The second-order valence-corrected chi connectivity index (χ2v) is 12.9. The fraction of sp³-hybridized carbons (Fsp3) is 0.833. The van der Waals surface area contributed by atoms with Crippen molar-refractivity contribution < 1.29 is 27.8 Å². The Morgan fingerprint density at radius 1 is 1.26 bits per heavy atom. The number of nitrogens with one attached hydrogen (secondary N) is 2. The number of allylic oxidation sites excluding steroid dienone is 1. The zero-order valence-electron chi connectivity index (χ0n) is 22.1. The first-order valence-corrected chi connectivity index (χ1v) is 14.2. The summed E-state index contributed by atoms with van der Waals surface area (Å²) in [5.41, 5.74) is -1.52. The molecule has 10 nitrogen and oxygen atoms in total. The predicted molar refractivity (Wildman–Crippen MR) is 136 cm³/mol. The van der Waals surface area contributed by atoms with Gasteiger partial charge in [-0.25, -0.2) is 12.7 Å². The van der Waals surface area contributed by atoms with Gasteiger partial charge in [0, 0.05) is 43.4 Å². The first-order chi connectivity index (χ1) is 16.1. The summed E-state index contributed by atoms with van der Waals surface area (Å²) in [6.45, 7) is 9.62. The van der Waals surface area contributed by atoms with E-state index in [0.717, 1.165) is 32.1 Å². The number of carbonyl (C=O) groups excluding carboxylic acids is 1. The van der Waals surface area contributed by atoms with Crippen LogP contribution in [-0.2, 0) is 24.3 Å². The molecular weight excluding hydrogens is 472 g/mol. The van der Waals surface area contributed by atoms with Crippen LogP contribution in [0, 0.1) is 16.7 Å². The van der Waals surface area contributed by atoms with Crippen molar-refractivity contribution in [2.24, 2.45) is 11.3 Å². The number of amides is 1. The molecule has 2 fully saturated rings. The average Bonchev–Trinajstić information content (AvgIpc) is 2.77. The third-order valence-electron chi connectivity index (χ3n) is 7.01. The standard InChI is InChI=1S/C24H44N4O6S/c1-23(2,17-34-21-11-7-8-13-33-21)19(25)14-20(29)26-22(30)24(3,4)27(5)15-18-10-9-12-28(16-18)35(6,31)32/h14,18,21,25,29H,7-13,15-17H2,1-6H3,(H,26,30)/b20-14-,25-19?/t18-,21?/m0/s1. The second kappa shape index (κ2) is 12.1. The Labute approximate surface area is 210 Å². The molecule has 0 saturated carbocycles. The van der Waals surface area contributed by atoms with E-state index in [2.05, 4.69) is 5.32 Å². The summed E-state index contributed by atoms with van der Waals surface area (Å²) in [6.07, 6.45) is 6.78.